The number of aliphatic hydroxyl groups excluding tert-OH is 1. The van der Waals surface area contributed by atoms with Crippen LogP contribution in [-0.2, 0) is 43.6 Å². The lowest BCUT2D eigenvalue weighted by molar-refractivity contribution is -0.245. The lowest BCUT2D eigenvalue weighted by atomic mass is 10.0. The van der Waals surface area contributed by atoms with E-state index in [-0.39, 0.29) is 49.9 Å². The molecule has 2 aliphatic heterocycles. The van der Waals surface area contributed by atoms with Gasteiger partial charge >= 0.3 is 12.1 Å². The van der Waals surface area contributed by atoms with Crippen LogP contribution in [0.5, 0.6) is 0 Å². The highest BCUT2D eigenvalue weighted by Crippen LogP contribution is 2.39. The van der Waals surface area contributed by atoms with E-state index in [0.29, 0.717) is 17.7 Å². The lowest BCUT2D eigenvalue weighted by Crippen LogP contribution is -2.41. The van der Waals surface area contributed by atoms with Gasteiger partial charge in [-0.1, -0.05) is 78.9 Å². The van der Waals surface area contributed by atoms with E-state index in [4.69, 9.17) is 14.2 Å². The number of carboxylic acids is 1. The average Bonchev–Trinajstić information content (AvgIpc) is 3.40. The van der Waals surface area contributed by atoms with Crippen LogP contribution in [0.3, 0.4) is 0 Å². The number of thioether (sulfide) groups is 1. The van der Waals surface area contributed by atoms with E-state index in [1.807, 2.05) is 78.9 Å². The first-order valence-corrected chi connectivity index (χ1v) is 17.1. The summed E-state index contributed by atoms with van der Waals surface area (Å²) in [6.45, 7) is 0.0307. The molecule has 0 aliphatic carbocycles. The van der Waals surface area contributed by atoms with Gasteiger partial charge in [0.15, 0.2) is 6.29 Å². The number of hydrogen-bond donors (Lipinski definition) is 3. The summed E-state index contributed by atoms with van der Waals surface area (Å²) in [7, 11) is 0. The number of alkyl carbamates (subject to hydrolysis) is 1. The van der Waals surface area contributed by atoms with E-state index >= 15 is 0 Å². The fraction of sp³-hybridized carbons (Fsp3) is 0.263. The zero-order valence-electron chi connectivity index (χ0n) is 27.0. The van der Waals surface area contributed by atoms with Crippen molar-refractivity contribution in [3.8, 4) is 0 Å². The molecule has 50 heavy (non-hydrogen) atoms. The molecule has 12 heteroatoms. The number of benzene rings is 4. The molecule has 4 aromatic carbocycles. The zero-order valence-corrected chi connectivity index (χ0v) is 27.8. The number of carboxylic acid groups (broad SMARTS) is 1. The molecule has 0 radical (unpaired) electrons. The van der Waals surface area contributed by atoms with E-state index < -0.39 is 30.3 Å². The Balaban J connectivity index is 1.09. The highest BCUT2D eigenvalue weighted by atomic mass is 32.2. The average molecular weight is 697 g/mol. The molecule has 4 unspecified atom stereocenters. The maximum Gasteiger partial charge on any atom is 0.408 e. The van der Waals surface area contributed by atoms with Crippen molar-refractivity contribution in [3.63, 3.8) is 0 Å². The summed E-state index contributed by atoms with van der Waals surface area (Å²) in [5.74, 6) is -1.26. The smallest absolute Gasteiger partial charge is 0.408 e. The van der Waals surface area contributed by atoms with Crippen molar-refractivity contribution in [2.24, 2.45) is 0 Å². The van der Waals surface area contributed by atoms with Crippen molar-refractivity contribution in [1.82, 2.24) is 10.2 Å². The molecule has 3 amide bonds. The SMILES string of the molecule is O=C(NC1CC(=O)N(Cc2ccc(C3OC(CSc4ccc(C(=O)O)cc4)CC(c4ccc(CO)cc4)O3)cc2)C1=O)OCc1ccccc1. The second-order valence-corrected chi connectivity index (χ2v) is 13.1. The number of ether oxygens (including phenoxy) is 3. The molecule has 4 aromatic rings. The van der Waals surface area contributed by atoms with Crippen molar-refractivity contribution in [1.29, 1.82) is 0 Å². The van der Waals surface area contributed by atoms with Crippen molar-refractivity contribution in [2.75, 3.05) is 5.75 Å². The Hall–Kier alpha value is -5.01. The van der Waals surface area contributed by atoms with Crippen molar-refractivity contribution >= 4 is 35.6 Å². The van der Waals surface area contributed by atoms with Crippen LogP contribution in [0.4, 0.5) is 4.79 Å². The molecule has 2 heterocycles. The number of nitrogens with one attached hydrogen (secondary N) is 1. The number of rotatable bonds is 12. The van der Waals surface area contributed by atoms with Crippen LogP contribution in [0.25, 0.3) is 0 Å². The summed E-state index contributed by atoms with van der Waals surface area (Å²) in [6, 6.07) is 29.8. The number of carbonyl (C=O) groups excluding carboxylic acids is 3. The minimum atomic E-state index is -0.998. The maximum absolute atomic E-state index is 13.1. The van der Waals surface area contributed by atoms with Crippen molar-refractivity contribution < 1.29 is 43.6 Å². The van der Waals surface area contributed by atoms with Gasteiger partial charge in [-0.05, 0) is 46.5 Å². The van der Waals surface area contributed by atoms with Crippen LogP contribution in [-0.4, -0.2) is 56.9 Å². The summed E-state index contributed by atoms with van der Waals surface area (Å²) in [4.78, 5) is 51.4. The Morgan fingerprint density at radius 1 is 0.840 bits per heavy atom. The molecule has 2 saturated heterocycles. The molecular formula is C38H36N2O9S. The van der Waals surface area contributed by atoms with Crippen LogP contribution < -0.4 is 5.32 Å². The normalized spacial score (nSPS) is 20.5. The fourth-order valence-corrected chi connectivity index (χ4v) is 6.66. The number of likely N-dealkylation sites (tertiary alicyclic amines) is 1. The van der Waals surface area contributed by atoms with Crippen LogP contribution >= 0.6 is 11.8 Å². The molecular weight excluding hydrogens is 660 g/mol. The van der Waals surface area contributed by atoms with Gasteiger partial charge in [0.05, 0.1) is 37.3 Å². The number of aliphatic hydroxyl groups is 1. The van der Waals surface area contributed by atoms with Gasteiger partial charge < -0.3 is 29.7 Å². The number of carbonyl (C=O) groups is 4. The van der Waals surface area contributed by atoms with Gasteiger partial charge in [0.2, 0.25) is 5.91 Å². The molecule has 0 saturated carbocycles. The first-order chi connectivity index (χ1) is 24.2. The molecule has 11 nitrogen and oxygen atoms in total. The number of aromatic carboxylic acids is 1. The van der Waals surface area contributed by atoms with E-state index in [1.54, 1.807) is 36.0 Å². The zero-order chi connectivity index (χ0) is 35.0. The highest BCUT2D eigenvalue weighted by molar-refractivity contribution is 7.99. The van der Waals surface area contributed by atoms with E-state index in [1.165, 1.54) is 0 Å². The summed E-state index contributed by atoms with van der Waals surface area (Å²) in [6.07, 6.45) is -1.53. The molecule has 2 aliphatic rings. The summed E-state index contributed by atoms with van der Waals surface area (Å²) in [5.41, 5.74) is 4.24. The van der Waals surface area contributed by atoms with Gasteiger partial charge in [0, 0.05) is 22.6 Å². The molecule has 0 bridgehead atoms. The monoisotopic (exact) mass is 696 g/mol. The third kappa shape index (κ3) is 8.77. The quantitative estimate of drug-likeness (QED) is 0.123. The van der Waals surface area contributed by atoms with Crippen LogP contribution in [0.1, 0.15) is 63.4 Å². The first kappa shape index (κ1) is 34.8. The molecule has 0 aromatic heterocycles. The summed E-state index contributed by atoms with van der Waals surface area (Å²) >= 11 is 1.56. The van der Waals surface area contributed by atoms with Gasteiger partial charge in [-0.2, -0.15) is 0 Å². The number of amides is 3. The second kappa shape index (κ2) is 16.1. The third-order valence-electron chi connectivity index (χ3n) is 8.49. The van der Waals surface area contributed by atoms with Crippen LogP contribution in [0, 0.1) is 0 Å². The number of nitrogens with zero attached hydrogens (tertiary/aromatic N) is 1. The van der Waals surface area contributed by atoms with E-state index in [2.05, 4.69) is 5.32 Å². The summed E-state index contributed by atoms with van der Waals surface area (Å²) in [5, 5.41) is 21.2. The molecule has 4 atom stereocenters. The standard InChI is InChI=1S/C38H36N2O9S/c41-21-25-8-10-27(11-9-25)33-18-30(23-50-31-16-14-28(15-17-31)36(44)45)48-37(49-33)29-12-6-24(7-13-29)20-40-34(42)19-32(35(40)43)39-38(46)47-22-26-4-2-1-3-5-26/h1-17,30,32-33,37,41H,18-23H2,(H,39,46)(H,44,45). The lowest BCUT2D eigenvalue weighted by Gasteiger charge is -2.36. The Morgan fingerprint density at radius 3 is 2.20 bits per heavy atom. The number of imide groups is 1. The molecule has 2 fully saturated rings. The Kier molecular flexibility index (Phi) is 11.2. The Labute approximate surface area is 293 Å². The largest absolute Gasteiger partial charge is 0.478 e. The predicted molar refractivity (Wildman–Crippen MR) is 183 cm³/mol. The fourth-order valence-electron chi connectivity index (χ4n) is 5.74. The number of hydrogen-bond acceptors (Lipinski definition) is 9. The van der Waals surface area contributed by atoms with Gasteiger partial charge in [-0.15, -0.1) is 11.8 Å². The van der Waals surface area contributed by atoms with Gasteiger partial charge in [0.1, 0.15) is 12.6 Å². The predicted octanol–water partition coefficient (Wildman–Crippen LogP) is 5.77. The first-order valence-electron chi connectivity index (χ1n) is 16.1. The third-order valence-corrected chi connectivity index (χ3v) is 9.64. The minimum Gasteiger partial charge on any atom is -0.478 e. The molecule has 0 spiro atoms. The van der Waals surface area contributed by atoms with Crippen LogP contribution in [0.2, 0.25) is 0 Å². The second-order valence-electron chi connectivity index (χ2n) is 12.0. The Morgan fingerprint density at radius 2 is 1.52 bits per heavy atom. The van der Waals surface area contributed by atoms with Gasteiger partial charge in [-0.3, -0.25) is 14.5 Å². The van der Waals surface area contributed by atoms with E-state index in [9.17, 15) is 29.4 Å². The minimum absolute atomic E-state index is 0.0430. The van der Waals surface area contributed by atoms with Gasteiger partial charge in [0.25, 0.3) is 5.91 Å². The Bertz CT molecular complexity index is 1800. The molecule has 6 rings (SSSR count). The molecule has 3 N–H and O–H groups in total. The van der Waals surface area contributed by atoms with E-state index in [0.717, 1.165) is 32.0 Å². The summed E-state index contributed by atoms with van der Waals surface area (Å²) < 4.78 is 18.1. The molecule has 258 valence electrons. The topological polar surface area (TPSA) is 152 Å². The van der Waals surface area contributed by atoms with Gasteiger partial charge in [-0.25, -0.2) is 9.59 Å². The van der Waals surface area contributed by atoms with Crippen molar-refractivity contribution in [2.45, 2.75) is 62.0 Å². The highest BCUT2D eigenvalue weighted by Gasteiger charge is 2.40. The van der Waals surface area contributed by atoms with Crippen molar-refractivity contribution in [3.05, 3.63) is 137 Å². The maximum atomic E-state index is 13.1. The van der Waals surface area contributed by atoms with Crippen LogP contribution in [0.15, 0.2) is 108 Å².